The summed E-state index contributed by atoms with van der Waals surface area (Å²) in [6.07, 6.45) is 6.86. The zero-order valence-electron chi connectivity index (χ0n) is 25.5. The van der Waals surface area contributed by atoms with E-state index in [1.54, 1.807) is 42.6 Å². The predicted octanol–water partition coefficient (Wildman–Crippen LogP) is 5.35. The Hall–Kier alpha value is -5.09. The highest BCUT2D eigenvalue weighted by atomic mass is 19.1. The first-order chi connectivity index (χ1) is 21.8. The fraction of sp³-hybridized carbons (Fsp3) is 0.257. The highest BCUT2D eigenvalue weighted by Gasteiger charge is 2.23. The van der Waals surface area contributed by atoms with Crippen molar-refractivity contribution in [3.8, 4) is 11.3 Å². The summed E-state index contributed by atoms with van der Waals surface area (Å²) >= 11 is 0. The topological polar surface area (TPSA) is 102 Å². The molecule has 0 spiro atoms. The number of rotatable bonds is 11. The van der Waals surface area contributed by atoms with E-state index in [0.29, 0.717) is 36.7 Å². The van der Waals surface area contributed by atoms with Crippen LogP contribution in [-0.2, 0) is 11.3 Å². The van der Waals surface area contributed by atoms with Crippen LogP contribution in [0.2, 0.25) is 0 Å². The van der Waals surface area contributed by atoms with E-state index in [0.717, 1.165) is 42.0 Å². The van der Waals surface area contributed by atoms with E-state index < -0.39 is 0 Å². The number of nitrogens with one attached hydrogen (secondary N) is 3. The monoisotopic (exact) mass is 607 g/mol. The molecular formula is C35H38FN7O2. The molecule has 232 valence electrons. The van der Waals surface area contributed by atoms with Crippen molar-refractivity contribution >= 4 is 29.1 Å². The van der Waals surface area contributed by atoms with Gasteiger partial charge in [-0.3, -0.25) is 9.59 Å². The first kappa shape index (κ1) is 31.3. The van der Waals surface area contributed by atoms with Gasteiger partial charge >= 0.3 is 0 Å². The smallest absolute Gasteiger partial charge is 0.251 e. The maximum Gasteiger partial charge on any atom is 0.251 e. The Labute approximate surface area is 263 Å². The minimum absolute atomic E-state index is 0.0357. The summed E-state index contributed by atoms with van der Waals surface area (Å²) in [7, 11) is 3.87. The molecule has 1 fully saturated rings. The van der Waals surface area contributed by atoms with Crippen molar-refractivity contribution in [1.29, 1.82) is 0 Å². The molecule has 1 unspecified atom stereocenters. The molecule has 9 nitrogen and oxygen atoms in total. The molecule has 2 aromatic heterocycles. The quantitative estimate of drug-likeness (QED) is 0.198. The van der Waals surface area contributed by atoms with E-state index >= 15 is 0 Å². The number of aromatic nitrogens is 2. The van der Waals surface area contributed by atoms with Gasteiger partial charge in [-0.25, -0.2) is 14.4 Å². The number of halogens is 1. The second-order valence-electron chi connectivity index (χ2n) is 11.3. The van der Waals surface area contributed by atoms with Gasteiger partial charge in [0.2, 0.25) is 5.91 Å². The number of hydrogen-bond acceptors (Lipinski definition) is 7. The van der Waals surface area contributed by atoms with Gasteiger partial charge in [0.05, 0.1) is 5.69 Å². The predicted molar refractivity (Wildman–Crippen MR) is 177 cm³/mol. The molecule has 2 aromatic carbocycles. The van der Waals surface area contributed by atoms with Crippen molar-refractivity contribution in [2.75, 3.05) is 49.3 Å². The minimum Gasteiger partial charge on any atom is -0.366 e. The van der Waals surface area contributed by atoms with Crippen molar-refractivity contribution in [3.63, 3.8) is 0 Å². The maximum atomic E-state index is 13.5. The number of carbonyl (C=O) groups is 2. The Kier molecular flexibility index (Phi) is 10.5. The number of benzene rings is 2. The molecule has 4 aromatic rings. The van der Waals surface area contributed by atoms with E-state index in [-0.39, 0.29) is 23.7 Å². The molecule has 1 aliphatic heterocycles. The van der Waals surface area contributed by atoms with Crippen molar-refractivity contribution in [2.45, 2.75) is 25.4 Å². The molecule has 0 bridgehead atoms. The van der Waals surface area contributed by atoms with E-state index in [9.17, 15) is 14.0 Å². The number of nitrogens with zero attached hydrogens (tertiary/aromatic N) is 4. The molecular weight excluding hydrogens is 569 g/mol. The largest absolute Gasteiger partial charge is 0.366 e. The lowest BCUT2D eigenvalue weighted by atomic mass is 10.0. The number of anilines is 3. The van der Waals surface area contributed by atoms with Crippen molar-refractivity contribution in [2.24, 2.45) is 0 Å². The third kappa shape index (κ3) is 9.20. The zero-order chi connectivity index (χ0) is 31.6. The van der Waals surface area contributed by atoms with Crippen LogP contribution in [0.3, 0.4) is 0 Å². The summed E-state index contributed by atoms with van der Waals surface area (Å²) in [5, 5.41) is 9.24. The van der Waals surface area contributed by atoms with Crippen LogP contribution in [0.15, 0.2) is 97.2 Å². The van der Waals surface area contributed by atoms with Crippen molar-refractivity contribution in [3.05, 3.63) is 114 Å². The maximum absolute atomic E-state index is 13.5. The van der Waals surface area contributed by atoms with Crippen LogP contribution in [0.1, 0.15) is 28.8 Å². The van der Waals surface area contributed by atoms with Gasteiger partial charge in [0.15, 0.2) is 0 Å². The summed E-state index contributed by atoms with van der Waals surface area (Å²) in [6.45, 7) is 2.61. The van der Waals surface area contributed by atoms with Crippen LogP contribution in [0, 0.1) is 5.82 Å². The van der Waals surface area contributed by atoms with E-state index in [1.807, 2.05) is 55.4 Å². The fourth-order valence-electron chi connectivity index (χ4n) is 5.12. The molecule has 0 radical (unpaired) electrons. The number of carbonyl (C=O) groups excluding carboxylic acids is 2. The molecule has 1 saturated heterocycles. The first-order valence-electron chi connectivity index (χ1n) is 15.0. The number of hydrogen-bond donors (Lipinski definition) is 3. The Morgan fingerprint density at radius 1 is 1.04 bits per heavy atom. The SMILES string of the molecule is CN(C)C/C=C/C(=O)Nc1ccc(C(=O)NC2CCCN(c3cc(-c4cccc(NCc5cccc(F)c5)n4)ccn3)C2)cc1. The number of pyridine rings is 2. The Morgan fingerprint density at radius 3 is 2.67 bits per heavy atom. The second-order valence-corrected chi connectivity index (χ2v) is 11.3. The summed E-state index contributed by atoms with van der Waals surface area (Å²) in [6, 6.07) is 23.1. The lowest BCUT2D eigenvalue weighted by molar-refractivity contribution is -0.111. The van der Waals surface area contributed by atoms with Gasteiger partial charge in [-0.2, -0.15) is 0 Å². The standard InChI is InChI=1S/C35H38FN7O2/c1-42(2)19-6-12-34(44)39-29-15-13-26(14-16-29)35(45)40-30-9-5-20-43(24-30)33-22-27(17-18-37-33)31-10-4-11-32(41-31)38-23-25-7-3-8-28(36)21-25/h3-4,6-8,10-18,21-22,30H,5,9,19-20,23-24H2,1-2H3,(H,38,41)(H,39,44)(H,40,45)/b12-6+. The summed E-state index contributed by atoms with van der Waals surface area (Å²) in [4.78, 5) is 38.7. The normalized spacial score (nSPS) is 14.8. The molecule has 0 saturated carbocycles. The lowest BCUT2D eigenvalue weighted by Gasteiger charge is -2.34. The molecule has 3 heterocycles. The first-order valence-corrected chi connectivity index (χ1v) is 15.0. The molecule has 1 atom stereocenters. The molecule has 2 amide bonds. The Morgan fingerprint density at radius 2 is 1.87 bits per heavy atom. The van der Waals surface area contributed by atoms with Crippen molar-refractivity contribution in [1.82, 2.24) is 20.2 Å². The van der Waals surface area contributed by atoms with Crippen molar-refractivity contribution < 1.29 is 14.0 Å². The molecule has 0 aliphatic carbocycles. The number of likely N-dealkylation sites (N-methyl/N-ethyl adjacent to an activating group) is 1. The van der Waals surface area contributed by atoms with Gasteiger partial charge in [0.25, 0.3) is 5.91 Å². The fourth-order valence-corrected chi connectivity index (χ4v) is 5.12. The zero-order valence-corrected chi connectivity index (χ0v) is 25.5. The van der Waals surface area contributed by atoms with Gasteiger partial charge < -0.3 is 25.8 Å². The van der Waals surface area contributed by atoms with Gasteiger partial charge in [-0.05, 0) is 93.2 Å². The van der Waals surface area contributed by atoms with Crippen LogP contribution in [0.25, 0.3) is 11.3 Å². The molecule has 1 aliphatic rings. The second kappa shape index (κ2) is 15.1. The molecule has 5 rings (SSSR count). The van der Waals surface area contributed by atoms with Gasteiger partial charge in [0, 0.05) is 61.3 Å². The third-order valence-electron chi connectivity index (χ3n) is 7.39. The third-order valence-corrected chi connectivity index (χ3v) is 7.39. The average Bonchev–Trinajstić information content (AvgIpc) is 3.04. The average molecular weight is 608 g/mol. The summed E-state index contributed by atoms with van der Waals surface area (Å²) < 4.78 is 13.5. The summed E-state index contributed by atoms with van der Waals surface area (Å²) in [5.74, 6) is 0.892. The van der Waals surface area contributed by atoms with E-state index in [1.165, 1.54) is 18.2 Å². The van der Waals surface area contributed by atoms with Gasteiger partial charge in [-0.15, -0.1) is 0 Å². The lowest BCUT2D eigenvalue weighted by Crippen LogP contribution is -2.48. The number of piperidine rings is 1. The van der Waals surface area contributed by atoms with E-state index in [2.05, 4.69) is 25.8 Å². The van der Waals surface area contributed by atoms with Crippen LogP contribution >= 0.6 is 0 Å². The molecule has 10 heteroatoms. The van der Waals surface area contributed by atoms with Gasteiger partial charge in [-0.1, -0.05) is 24.3 Å². The van der Waals surface area contributed by atoms with Gasteiger partial charge in [0.1, 0.15) is 17.5 Å². The molecule has 3 N–H and O–H groups in total. The van der Waals surface area contributed by atoms with Crippen LogP contribution < -0.4 is 20.9 Å². The highest BCUT2D eigenvalue weighted by molar-refractivity contribution is 6.00. The number of amides is 2. The van der Waals surface area contributed by atoms with E-state index in [4.69, 9.17) is 4.98 Å². The Bertz CT molecular complexity index is 1640. The summed E-state index contributed by atoms with van der Waals surface area (Å²) in [5.41, 5.74) is 3.73. The highest BCUT2D eigenvalue weighted by Crippen LogP contribution is 2.25. The van der Waals surface area contributed by atoms with Crippen LogP contribution in [-0.4, -0.2) is 66.5 Å². The van der Waals surface area contributed by atoms with Crippen LogP contribution in [0.4, 0.5) is 21.7 Å². The minimum atomic E-state index is -0.264. The van der Waals surface area contributed by atoms with Crippen LogP contribution in [0.5, 0.6) is 0 Å². The molecule has 45 heavy (non-hydrogen) atoms. The Balaban J connectivity index is 1.17.